The molecule has 2 saturated heterocycles. The number of allylic oxidation sites excluding steroid dienone is 2. The number of carbonyl (C=O) groups is 5. The van der Waals surface area contributed by atoms with Gasteiger partial charge in [-0.2, -0.15) is 0 Å². The van der Waals surface area contributed by atoms with Crippen LogP contribution in [0.4, 0.5) is 27.6 Å². The maximum atomic E-state index is 15.2. The number of anilines is 1. The van der Waals surface area contributed by atoms with Gasteiger partial charge in [-0.15, -0.1) is 23.2 Å². The molecule has 17 heteroatoms. The normalized spacial score (nSPS) is 28.8. The number of phenols is 1. The summed E-state index contributed by atoms with van der Waals surface area (Å²) in [6, 6.07) is 3.60. The van der Waals surface area contributed by atoms with Crippen molar-refractivity contribution in [3.63, 3.8) is 0 Å². The van der Waals surface area contributed by atoms with Crippen LogP contribution in [0.25, 0.3) is 0 Å². The summed E-state index contributed by atoms with van der Waals surface area (Å²) in [5.41, 5.74) is -1.64. The summed E-state index contributed by atoms with van der Waals surface area (Å²) in [4.78, 5) is 62.3. The van der Waals surface area contributed by atoms with E-state index in [1.807, 2.05) is 0 Å². The lowest BCUT2D eigenvalue weighted by atomic mass is 9.56. The number of carbonyl (C=O) groups excluding carboxylic acids is 4. The van der Waals surface area contributed by atoms with Crippen molar-refractivity contribution in [2.75, 3.05) is 18.6 Å². The van der Waals surface area contributed by atoms with Gasteiger partial charge in [-0.1, -0.05) is 24.1 Å². The minimum absolute atomic E-state index is 0.0206. The average molecular weight is 745 g/mol. The Balaban J connectivity index is 1.49. The Morgan fingerprint density at radius 1 is 0.920 bits per heavy atom. The highest BCUT2D eigenvalue weighted by molar-refractivity contribution is 6.58. The molecule has 6 unspecified atom stereocenters. The van der Waals surface area contributed by atoms with Crippen LogP contribution in [0.5, 0.6) is 11.5 Å². The molecule has 2 aliphatic carbocycles. The number of benzene rings is 2. The Bertz CT molecular complexity index is 1880. The lowest BCUT2D eigenvalue weighted by molar-refractivity contribution is -0.141. The molecule has 2 aromatic rings. The average Bonchev–Trinajstić information content (AvgIpc) is 3.40. The number of phenolic OH excluding ortho intramolecular Hbond substituents is 1. The second-order valence-corrected chi connectivity index (χ2v) is 13.9. The molecule has 266 valence electrons. The van der Waals surface area contributed by atoms with Gasteiger partial charge in [0.25, 0.3) is 11.8 Å². The molecule has 2 heterocycles. The predicted molar refractivity (Wildman–Crippen MR) is 164 cm³/mol. The number of unbranched alkanes of at least 4 members (excludes halogenated alkanes) is 2. The molecule has 4 aliphatic rings. The number of carboxylic acids is 1. The smallest absolute Gasteiger partial charge is 0.303 e. The first-order chi connectivity index (χ1) is 23.5. The van der Waals surface area contributed by atoms with E-state index in [2.05, 4.69) is 0 Å². The maximum Gasteiger partial charge on any atom is 0.303 e. The van der Waals surface area contributed by atoms with Crippen LogP contribution in [0.15, 0.2) is 29.8 Å². The quantitative estimate of drug-likeness (QED) is 0.0670. The fourth-order valence-corrected chi connectivity index (χ4v) is 8.79. The molecule has 10 nitrogen and oxygen atoms in total. The van der Waals surface area contributed by atoms with Crippen LogP contribution in [-0.2, 0) is 24.0 Å². The first kappa shape index (κ1) is 35.6. The summed E-state index contributed by atoms with van der Waals surface area (Å²) in [6.45, 7) is -0.0293. The number of methoxy groups -OCH3 is 1. The highest BCUT2D eigenvalue weighted by atomic mass is 35.5. The van der Waals surface area contributed by atoms with Crippen molar-refractivity contribution in [2.45, 2.75) is 54.2 Å². The van der Waals surface area contributed by atoms with E-state index in [0.717, 1.165) is 11.0 Å². The molecule has 1 saturated carbocycles. The van der Waals surface area contributed by atoms with Gasteiger partial charge in [0.2, 0.25) is 17.6 Å². The van der Waals surface area contributed by atoms with Crippen LogP contribution < -0.4 is 9.64 Å². The Labute approximate surface area is 290 Å². The lowest BCUT2D eigenvalue weighted by Gasteiger charge is -2.50. The number of aliphatic carboxylic acids is 1. The van der Waals surface area contributed by atoms with Gasteiger partial charge in [0.1, 0.15) is 17.2 Å². The Hall–Kier alpha value is -4.24. The van der Waals surface area contributed by atoms with E-state index in [-0.39, 0.29) is 46.9 Å². The highest BCUT2D eigenvalue weighted by Crippen LogP contribution is 2.66. The van der Waals surface area contributed by atoms with Gasteiger partial charge in [0.05, 0.1) is 18.9 Å². The van der Waals surface area contributed by atoms with E-state index in [1.54, 1.807) is 6.08 Å². The third-order valence-electron chi connectivity index (χ3n) is 10.1. The molecular weight excluding hydrogens is 718 g/mol. The molecule has 6 rings (SSSR count). The molecule has 6 atom stereocenters. The van der Waals surface area contributed by atoms with Crippen LogP contribution in [0.3, 0.4) is 0 Å². The first-order valence-corrected chi connectivity index (χ1v) is 16.2. The van der Waals surface area contributed by atoms with Gasteiger partial charge < -0.3 is 14.9 Å². The highest BCUT2D eigenvalue weighted by Gasteiger charge is 2.77. The van der Waals surface area contributed by atoms with Crippen molar-refractivity contribution in [3.05, 3.63) is 64.5 Å². The summed E-state index contributed by atoms with van der Waals surface area (Å²) >= 11 is 14.2. The number of likely N-dealkylation sites (tertiary alicyclic amines) is 1. The summed E-state index contributed by atoms with van der Waals surface area (Å²) in [6.07, 6.45) is 1.75. The lowest BCUT2D eigenvalue weighted by Crippen LogP contribution is -2.60. The predicted octanol–water partition coefficient (Wildman–Crippen LogP) is 5.30. The van der Waals surface area contributed by atoms with Gasteiger partial charge in [0.15, 0.2) is 33.0 Å². The number of carboxylic acid groups (broad SMARTS) is 1. The molecule has 0 radical (unpaired) electrons. The number of aromatic hydroxyl groups is 1. The SMILES string of the molecule is COc1cc(O)ccc1C1C2=CCC3C(=O)N(CCCCCC(=O)O)C(=O)C3C2CC2(Cl)C(=O)N(c3c(F)c(F)c(F)c(F)c3F)C(=O)C12Cl. The third kappa shape index (κ3) is 4.90. The van der Waals surface area contributed by atoms with Crippen LogP contribution in [0.2, 0.25) is 0 Å². The summed E-state index contributed by atoms with van der Waals surface area (Å²) in [7, 11) is 1.20. The topological polar surface area (TPSA) is 142 Å². The van der Waals surface area contributed by atoms with E-state index >= 15 is 8.78 Å². The first-order valence-electron chi connectivity index (χ1n) is 15.4. The summed E-state index contributed by atoms with van der Waals surface area (Å²) in [5.74, 6) is -23.0. The molecule has 50 heavy (non-hydrogen) atoms. The number of nitrogens with zero attached hydrogens (tertiary/aromatic N) is 2. The fourth-order valence-electron chi connectivity index (χ4n) is 7.86. The standard InChI is InChI=1S/C33H27Cl2F5N2O8/c1-50-18-11-13(43)6-7-15(18)21-14-8-9-16-20(29(47)41(28(16)46)10-4-2-3-5-19(44)45)17(14)12-32(34)30(48)42(31(49)33(21,32)35)27-25(39)23(37)22(36)24(38)26(27)40/h6-8,11,16-17,20-21,43H,2-5,9-10,12H2,1H3,(H,44,45). The van der Waals surface area contributed by atoms with E-state index in [0.29, 0.717) is 19.3 Å². The van der Waals surface area contributed by atoms with Crippen molar-refractivity contribution < 1.29 is 60.9 Å². The zero-order valence-corrected chi connectivity index (χ0v) is 27.5. The molecule has 2 aliphatic heterocycles. The zero-order valence-electron chi connectivity index (χ0n) is 26.0. The van der Waals surface area contributed by atoms with E-state index < -0.39 is 104 Å². The number of hydrogen-bond donors (Lipinski definition) is 2. The zero-order chi connectivity index (χ0) is 36.6. The van der Waals surface area contributed by atoms with Crippen molar-refractivity contribution >= 4 is 58.5 Å². The second-order valence-electron chi connectivity index (χ2n) is 12.7. The van der Waals surface area contributed by atoms with Gasteiger partial charge in [-0.05, 0) is 37.7 Å². The molecule has 4 amide bonds. The van der Waals surface area contributed by atoms with Crippen molar-refractivity contribution in [2.24, 2.45) is 17.8 Å². The number of amides is 4. The third-order valence-corrected chi connectivity index (χ3v) is 11.5. The monoisotopic (exact) mass is 744 g/mol. The largest absolute Gasteiger partial charge is 0.508 e. The number of ether oxygens (including phenoxy) is 1. The molecule has 2 N–H and O–H groups in total. The minimum Gasteiger partial charge on any atom is -0.508 e. The maximum absolute atomic E-state index is 15.2. The Kier molecular flexibility index (Phi) is 8.91. The van der Waals surface area contributed by atoms with Gasteiger partial charge in [-0.25, -0.2) is 26.9 Å². The van der Waals surface area contributed by atoms with Crippen molar-refractivity contribution in [1.82, 2.24) is 4.90 Å². The van der Waals surface area contributed by atoms with Gasteiger partial charge in [0, 0.05) is 30.5 Å². The van der Waals surface area contributed by atoms with E-state index in [9.17, 15) is 42.3 Å². The molecule has 2 aromatic carbocycles. The number of rotatable bonds is 9. The summed E-state index contributed by atoms with van der Waals surface area (Å²) < 4.78 is 78.6. The number of hydrogen-bond acceptors (Lipinski definition) is 7. The Morgan fingerprint density at radius 3 is 2.18 bits per heavy atom. The molecule has 0 aromatic heterocycles. The fraction of sp³-hybridized carbons (Fsp3) is 0.424. The van der Waals surface area contributed by atoms with E-state index in [4.69, 9.17) is 33.0 Å². The number of alkyl halides is 2. The second kappa shape index (κ2) is 12.5. The molecule has 3 fully saturated rings. The van der Waals surface area contributed by atoms with Gasteiger partial charge in [-0.3, -0.25) is 28.9 Å². The van der Waals surface area contributed by atoms with Crippen LogP contribution in [0, 0.1) is 46.8 Å². The number of halogens is 7. The minimum atomic E-state index is -2.74. The molecule has 0 spiro atoms. The van der Waals surface area contributed by atoms with Crippen LogP contribution >= 0.6 is 23.2 Å². The van der Waals surface area contributed by atoms with E-state index in [1.165, 1.54) is 19.2 Å². The molecule has 0 bridgehead atoms. The Morgan fingerprint density at radius 2 is 1.56 bits per heavy atom. The number of fused-ring (bicyclic) bond motifs is 4. The van der Waals surface area contributed by atoms with Crippen molar-refractivity contribution in [3.8, 4) is 11.5 Å². The molecular formula is C33H27Cl2F5N2O8. The van der Waals surface area contributed by atoms with Crippen molar-refractivity contribution in [1.29, 1.82) is 0 Å². The number of imide groups is 2. The van der Waals surface area contributed by atoms with Crippen LogP contribution in [0.1, 0.15) is 50.0 Å². The van der Waals surface area contributed by atoms with Crippen LogP contribution in [-0.4, -0.2) is 68.1 Å². The summed E-state index contributed by atoms with van der Waals surface area (Å²) in [5, 5.41) is 19.1. The van der Waals surface area contributed by atoms with Gasteiger partial charge >= 0.3 is 5.97 Å².